The van der Waals surface area contributed by atoms with Gasteiger partial charge in [0.25, 0.3) is 0 Å². The second kappa shape index (κ2) is 6.23. The number of hydrogen-bond donors (Lipinski definition) is 1. The van der Waals surface area contributed by atoms with Crippen molar-refractivity contribution in [3.8, 4) is 11.1 Å². The summed E-state index contributed by atoms with van der Waals surface area (Å²) < 4.78 is 0. The second-order valence-corrected chi connectivity index (χ2v) is 5.86. The maximum Gasteiger partial charge on any atom is 0.00761 e. The molecule has 1 heteroatoms. The minimum atomic E-state index is 0.517. The summed E-state index contributed by atoms with van der Waals surface area (Å²) in [7, 11) is 2.01. The van der Waals surface area contributed by atoms with Crippen LogP contribution in [0.3, 0.4) is 0 Å². The summed E-state index contributed by atoms with van der Waals surface area (Å²) in [5.41, 5.74) is 8.14. The van der Waals surface area contributed by atoms with Crippen LogP contribution >= 0.6 is 0 Å². The third-order valence-electron chi connectivity index (χ3n) is 3.95. The van der Waals surface area contributed by atoms with Crippen LogP contribution in [0, 0.1) is 20.8 Å². The maximum atomic E-state index is 3.28. The van der Waals surface area contributed by atoms with Crippen LogP contribution in [0.4, 0.5) is 0 Å². The monoisotopic (exact) mass is 267 g/mol. The molecule has 0 saturated carbocycles. The highest BCUT2D eigenvalue weighted by Gasteiger charge is 2.07. The van der Waals surface area contributed by atoms with Crippen molar-refractivity contribution in [2.75, 3.05) is 7.05 Å². The number of nitrogens with one attached hydrogen (secondary N) is 1. The molecule has 20 heavy (non-hydrogen) atoms. The summed E-state index contributed by atoms with van der Waals surface area (Å²) in [4.78, 5) is 0. The summed E-state index contributed by atoms with van der Waals surface area (Å²) in [6.07, 6.45) is 1.07. The zero-order chi connectivity index (χ0) is 14.7. The van der Waals surface area contributed by atoms with Gasteiger partial charge in [-0.05, 0) is 69.0 Å². The Morgan fingerprint density at radius 1 is 0.950 bits per heavy atom. The van der Waals surface area contributed by atoms with Crippen LogP contribution in [0.1, 0.15) is 29.2 Å². The number of hydrogen-bond acceptors (Lipinski definition) is 1. The Hall–Kier alpha value is -1.60. The van der Waals surface area contributed by atoms with Crippen LogP contribution < -0.4 is 5.32 Å². The van der Waals surface area contributed by atoms with Crippen LogP contribution in [0.2, 0.25) is 0 Å². The fourth-order valence-corrected chi connectivity index (χ4v) is 2.90. The van der Waals surface area contributed by atoms with E-state index >= 15 is 0 Å². The molecule has 0 fully saturated rings. The van der Waals surface area contributed by atoms with E-state index < -0.39 is 0 Å². The van der Waals surface area contributed by atoms with Gasteiger partial charge in [0, 0.05) is 6.04 Å². The largest absolute Gasteiger partial charge is 0.317 e. The molecule has 0 aromatic heterocycles. The van der Waals surface area contributed by atoms with Crippen molar-refractivity contribution >= 4 is 0 Å². The number of benzene rings is 2. The molecule has 1 atom stereocenters. The van der Waals surface area contributed by atoms with E-state index in [0.29, 0.717) is 6.04 Å². The third kappa shape index (κ3) is 3.29. The molecular formula is C19H25N. The predicted molar refractivity (Wildman–Crippen MR) is 88.3 cm³/mol. The van der Waals surface area contributed by atoms with Gasteiger partial charge in [0.2, 0.25) is 0 Å². The van der Waals surface area contributed by atoms with E-state index in [4.69, 9.17) is 0 Å². The summed E-state index contributed by atoms with van der Waals surface area (Å²) in [5.74, 6) is 0. The molecule has 2 aromatic carbocycles. The molecule has 1 unspecified atom stereocenters. The first kappa shape index (κ1) is 14.8. The molecule has 1 N–H and O–H groups in total. The minimum Gasteiger partial charge on any atom is -0.317 e. The normalized spacial score (nSPS) is 12.4. The van der Waals surface area contributed by atoms with E-state index in [1.807, 2.05) is 7.05 Å². The molecular weight excluding hydrogens is 242 g/mol. The Labute approximate surface area is 123 Å². The molecule has 0 spiro atoms. The van der Waals surface area contributed by atoms with Crippen molar-refractivity contribution in [3.63, 3.8) is 0 Å². The van der Waals surface area contributed by atoms with Gasteiger partial charge >= 0.3 is 0 Å². The van der Waals surface area contributed by atoms with Crippen LogP contribution in [-0.4, -0.2) is 13.1 Å². The van der Waals surface area contributed by atoms with Crippen molar-refractivity contribution in [2.45, 2.75) is 40.2 Å². The van der Waals surface area contributed by atoms with Crippen LogP contribution in [0.15, 0.2) is 36.4 Å². The zero-order valence-electron chi connectivity index (χ0n) is 13.2. The van der Waals surface area contributed by atoms with Crippen molar-refractivity contribution < 1.29 is 0 Å². The lowest BCUT2D eigenvalue weighted by atomic mass is 9.93. The molecule has 0 amide bonds. The molecule has 106 valence electrons. The van der Waals surface area contributed by atoms with Gasteiger partial charge in [-0.25, -0.2) is 0 Å². The fraction of sp³-hybridized carbons (Fsp3) is 0.368. The van der Waals surface area contributed by atoms with Crippen LogP contribution in [0.5, 0.6) is 0 Å². The molecule has 0 aliphatic carbocycles. The lowest BCUT2D eigenvalue weighted by Crippen LogP contribution is -2.23. The Morgan fingerprint density at radius 2 is 1.50 bits per heavy atom. The van der Waals surface area contributed by atoms with Crippen molar-refractivity contribution in [1.29, 1.82) is 0 Å². The van der Waals surface area contributed by atoms with Gasteiger partial charge in [0.15, 0.2) is 0 Å². The van der Waals surface area contributed by atoms with Crippen molar-refractivity contribution in [2.24, 2.45) is 0 Å². The van der Waals surface area contributed by atoms with E-state index in [9.17, 15) is 0 Å². The first-order chi connectivity index (χ1) is 9.51. The lowest BCUT2D eigenvalue weighted by molar-refractivity contribution is 0.608. The van der Waals surface area contributed by atoms with E-state index in [2.05, 4.69) is 69.4 Å². The van der Waals surface area contributed by atoms with Gasteiger partial charge in [0.05, 0.1) is 0 Å². The fourth-order valence-electron chi connectivity index (χ4n) is 2.90. The Balaban J connectivity index is 2.31. The molecule has 1 nitrogen and oxygen atoms in total. The van der Waals surface area contributed by atoms with Gasteiger partial charge < -0.3 is 5.32 Å². The Morgan fingerprint density at radius 3 is 2.00 bits per heavy atom. The molecule has 2 aromatic rings. The first-order valence-corrected chi connectivity index (χ1v) is 7.35. The van der Waals surface area contributed by atoms with Gasteiger partial charge in [-0.2, -0.15) is 0 Å². The second-order valence-electron chi connectivity index (χ2n) is 5.86. The molecule has 0 radical (unpaired) electrons. The van der Waals surface area contributed by atoms with E-state index in [0.717, 1.165) is 6.42 Å². The average molecular weight is 267 g/mol. The van der Waals surface area contributed by atoms with Crippen molar-refractivity contribution in [3.05, 3.63) is 58.7 Å². The first-order valence-electron chi connectivity index (χ1n) is 7.35. The van der Waals surface area contributed by atoms with Gasteiger partial charge in [-0.1, -0.05) is 42.0 Å². The predicted octanol–water partition coefficient (Wildman–Crippen LogP) is 4.43. The minimum absolute atomic E-state index is 0.517. The molecule has 0 saturated heterocycles. The lowest BCUT2D eigenvalue weighted by Gasteiger charge is -2.13. The highest BCUT2D eigenvalue weighted by molar-refractivity contribution is 5.71. The van der Waals surface area contributed by atoms with Gasteiger partial charge in [-0.15, -0.1) is 0 Å². The Bertz CT molecular complexity index is 558. The summed E-state index contributed by atoms with van der Waals surface area (Å²) in [5, 5.41) is 3.28. The highest BCUT2D eigenvalue weighted by Crippen LogP contribution is 2.28. The van der Waals surface area contributed by atoms with E-state index in [1.54, 1.807) is 0 Å². The smallest absolute Gasteiger partial charge is 0.00761 e. The summed E-state index contributed by atoms with van der Waals surface area (Å²) in [6, 6.07) is 14.1. The quantitative estimate of drug-likeness (QED) is 0.864. The van der Waals surface area contributed by atoms with E-state index in [1.165, 1.54) is 33.4 Å². The van der Waals surface area contributed by atoms with Crippen LogP contribution in [-0.2, 0) is 6.42 Å². The van der Waals surface area contributed by atoms with E-state index in [-0.39, 0.29) is 0 Å². The van der Waals surface area contributed by atoms with Gasteiger partial charge in [0.1, 0.15) is 0 Å². The number of likely N-dealkylation sites (N-methyl/N-ethyl adjacent to an activating group) is 1. The average Bonchev–Trinajstić information content (AvgIpc) is 2.39. The molecule has 2 rings (SSSR count). The molecule has 0 bridgehead atoms. The topological polar surface area (TPSA) is 12.0 Å². The SMILES string of the molecule is CNC(C)Cc1ccc(-c2c(C)cc(C)cc2C)cc1. The number of aryl methyl sites for hydroxylation is 3. The Kier molecular flexibility index (Phi) is 4.61. The number of rotatable bonds is 4. The van der Waals surface area contributed by atoms with Crippen molar-refractivity contribution in [1.82, 2.24) is 5.32 Å². The van der Waals surface area contributed by atoms with Gasteiger partial charge in [-0.3, -0.25) is 0 Å². The molecule has 0 aliphatic rings. The maximum absolute atomic E-state index is 3.28. The summed E-state index contributed by atoms with van der Waals surface area (Å²) >= 11 is 0. The third-order valence-corrected chi connectivity index (χ3v) is 3.95. The summed E-state index contributed by atoms with van der Waals surface area (Å²) in [6.45, 7) is 8.77. The molecule has 0 aliphatic heterocycles. The standard InChI is InChI=1S/C19H25N/c1-13-10-14(2)19(15(3)11-13)18-8-6-17(7-9-18)12-16(4)20-5/h6-11,16,20H,12H2,1-5H3. The highest BCUT2D eigenvalue weighted by atomic mass is 14.8. The van der Waals surface area contributed by atoms with Crippen LogP contribution in [0.25, 0.3) is 11.1 Å². The zero-order valence-corrected chi connectivity index (χ0v) is 13.2. The molecule has 0 heterocycles.